The van der Waals surface area contributed by atoms with Gasteiger partial charge in [0, 0.05) is 28.9 Å². The van der Waals surface area contributed by atoms with Crippen molar-refractivity contribution in [2.45, 2.75) is 32.7 Å². The lowest BCUT2D eigenvalue weighted by atomic mass is 9.92. The molecule has 0 saturated heterocycles. The largest absolute Gasteiger partial charge is 0.363 e. The standard InChI is InChI=1S/C14H17N5S/c1-14(2,3)12-6-11-13(16-4-5-19(11)18-12)17-8-10-7-15-9-20-10/h4-7,9H,8H2,1-3H3,(H,16,17). The van der Waals surface area contributed by atoms with Gasteiger partial charge in [0.05, 0.1) is 17.7 Å². The summed E-state index contributed by atoms with van der Waals surface area (Å²) in [5.74, 6) is 0.851. The van der Waals surface area contributed by atoms with Crippen LogP contribution >= 0.6 is 11.3 Å². The maximum atomic E-state index is 4.62. The average Bonchev–Trinajstić information content (AvgIpc) is 3.04. The van der Waals surface area contributed by atoms with Crippen molar-refractivity contribution in [2.75, 3.05) is 5.32 Å². The molecule has 0 unspecified atom stereocenters. The molecule has 20 heavy (non-hydrogen) atoms. The van der Waals surface area contributed by atoms with Crippen LogP contribution in [0.25, 0.3) is 5.52 Å². The zero-order valence-corrected chi connectivity index (χ0v) is 12.6. The second-order valence-electron chi connectivity index (χ2n) is 5.71. The predicted molar refractivity (Wildman–Crippen MR) is 81.1 cm³/mol. The van der Waals surface area contributed by atoms with Crippen LogP contribution in [0.2, 0.25) is 0 Å². The van der Waals surface area contributed by atoms with Crippen molar-refractivity contribution in [2.24, 2.45) is 0 Å². The average molecular weight is 287 g/mol. The SMILES string of the molecule is CC(C)(C)c1cc2c(NCc3cncs3)nccn2n1. The van der Waals surface area contributed by atoms with Gasteiger partial charge in [0.2, 0.25) is 0 Å². The third-order valence-corrected chi connectivity index (χ3v) is 3.85. The molecule has 6 heteroatoms. The van der Waals surface area contributed by atoms with Crippen molar-refractivity contribution in [1.82, 2.24) is 19.6 Å². The predicted octanol–water partition coefficient (Wildman–Crippen LogP) is 3.10. The van der Waals surface area contributed by atoms with E-state index >= 15 is 0 Å². The summed E-state index contributed by atoms with van der Waals surface area (Å²) in [5, 5.41) is 7.97. The Labute approximate surface area is 121 Å². The fourth-order valence-corrected chi connectivity index (χ4v) is 2.46. The summed E-state index contributed by atoms with van der Waals surface area (Å²) < 4.78 is 1.88. The zero-order chi connectivity index (χ0) is 14.2. The van der Waals surface area contributed by atoms with Gasteiger partial charge in [-0.25, -0.2) is 9.50 Å². The van der Waals surface area contributed by atoms with E-state index in [9.17, 15) is 0 Å². The summed E-state index contributed by atoms with van der Waals surface area (Å²) in [5.41, 5.74) is 3.93. The summed E-state index contributed by atoms with van der Waals surface area (Å²) in [6, 6.07) is 2.10. The highest BCUT2D eigenvalue weighted by Gasteiger charge is 2.18. The Morgan fingerprint density at radius 3 is 2.90 bits per heavy atom. The molecule has 3 heterocycles. The normalized spacial score (nSPS) is 11.9. The van der Waals surface area contributed by atoms with Gasteiger partial charge in [-0.3, -0.25) is 4.98 Å². The minimum Gasteiger partial charge on any atom is -0.363 e. The summed E-state index contributed by atoms with van der Waals surface area (Å²) in [6.45, 7) is 7.21. The Kier molecular flexibility index (Phi) is 3.17. The number of aromatic nitrogens is 4. The molecule has 5 nitrogen and oxygen atoms in total. The van der Waals surface area contributed by atoms with Crippen LogP contribution in [-0.2, 0) is 12.0 Å². The topological polar surface area (TPSA) is 55.1 Å². The van der Waals surface area contributed by atoms with Crippen molar-refractivity contribution >= 4 is 22.7 Å². The van der Waals surface area contributed by atoms with Crippen LogP contribution in [0.5, 0.6) is 0 Å². The fourth-order valence-electron chi connectivity index (χ4n) is 1.93. The van der Waals surface area contributed by atoms with Gasteiger partial charge < -0.3 is 5.32 Å². The quantitative estimate of drug-likeness (QED) is 0.804. The number of hydrogen-bond acceptors (Lipinski definition) is 5. The lowest BCUT2D eigenvalue weighted by Crippen LogP contribution is -2.11. The summed E-state index contributed by atoms with van der Waals surface area (Å²) in [4.78, 5) is 9.67. The first-order chi connectivity index (χ1) is 9.54. The highest BCUT2D eigenvalue weighted by molar-refractivity contribution is 7.09. The van der Waals surface area contributed by atoms with E-state index in [2.05, 4.69) is 47.2 Å². The molecule has 0 spiro atoms. The first kappa shape index (κ1) is 13.1. The summed E-state index contributed by atoms with van der Waals surface area (Å²) >= 11 is 1.63. The van der Waals surface area contributed by atoms with E-state index in [0.717, 1.165) is 23.6 Å². The molecule has 0 atom stereocenters. The number of anilines is 1. The van der Waals surface area contributed by atoms with Crippen LogP contribution in [-0.4, -0.2) is 19.6 Å². The van der Waals surface area contributed by atoms with Gasteiger partial charge in [-0.2, -0.15) is 5.10 Å². The van der Waals surface area contributed by atoms with Crippen molar-refractivity contribution < 1.29 is 0 Å². The molecule has 1 N–H and O–H groups in total. The van der Waals surface area contributed by atoms with Crippen LogP contribution < -0.4 is 5.32 Å². The lowest BCUT2D eigenvalue weighted by Gasteiger charge is -2.13. The molecule has 104 valence electrons. The smallest absolute Gasteiger partial charge is 0.152 e. The number of nitrogens with one attached hydrogen (secondary N) is 1. The fraction of sp³-hybridized carbons (Fsp3) is 0.357. The number of rotatable bonds is 3. The van der Waals surface area contributed by atoms with E-state index in [1.54, 1.807) is 17.5 Å². The lowest BCUT2D eigenvalue weighted by molar-refractivity contribution is 0.562. The molecule has 3 aromatic heterocycles. The molecule has 3 aromatic rings. The van der Waals surface area contributed by atoms with E-state index < -0.39 is 0 Å². The van der Waals surface area contributed by atoms with Crippen molar-refractivity contribution in [3.8, 4) is 0 Å². The van der Waals surface area contributed by atoms with Gasteiger partial charge in [-0.05, 0) is 6.07 Å². The Hall–Kier alpha value is -1.95. The Bertz CT molecular complexity index is 709. The zero-order valence-electron chi connectivity index (χ0n) is 11.8. The maximum absolute atomic E-state index is 4.62. The molecule has 0 aliphatic heterocycles. The van der Waals surface area contributed by atoms with E-state index in [1.807, 2.05) is 22.4 Å². The minimum absolute atomic E-state index is 0.0287. The molecule has 0 radical (unpaired) electrons. The highest BCUT2D eigenvalue weighted by atomic mass is 32.1. The maximum Gasteiger partial charge on any atom is 0.152 e. The van der Waals surface area contributed by atoms with Gasteiger partial charge in [0.1, 0.15) is 5.52 Å². The van der Waals surface area contributed by atoms with Crippen molar-refractivity contribution in [3.63, 3.8) is 0 Å². The Balaban J connectivity index is 1.92. The second-order valence-corrected chi connectivity index (χ2v) is 6.68. The van der Waals surface area contributed by atoms with Crippen molar-refractivity contribution in [3.05, 3.63) is 40.7 Å². The second kappa shape index (κ2) is 4.86. The van der Waals surface area contributed by atoms with Crippen LogP contribution in [0.1, 0.15) is 31.3 Å². The third kappa shape index (κ3) is 2.51. The van der Waals surface area contributed by atoms with Gasteiger partial charge in [-0.15, -0.1) is 11.3 Å². The molecule has 0 aliphatic rings. The van der Waals surface area contributed by atoms with E-state index in [1.165, 1.54) is 4.88 Å². The molecule has 0 amide bonds. The van der Waals surface area contributed by atoms with E-state index in [4.69, 9.17) is 0 Å². The number of hydrogen-bond donors (Lipinski definition) is 1. The molecular formula is C14H17N5S. The van der Waals surface area contributed by atoms with Crippen LogP contribution in [0.15, 0.2) is 30.2 Å². The minimum atomic E-state index is 0.0287. The molecular weight excluding hydrogens is 270 g/mol. The Morgan fingerprint density at radius 1 is 1.35 bits per heavy atom. The molecule has 3 rings (SSSR count). The van der Waals surface area contributed by atoms with E-state index in [-0.39, 0.29) is 5.41 Å². The van der Waals surface area contributed by atoms with Crippen LogP contribution in [0.4, 0.5) is 5.82 Å². The first-order valence-electron chi connectivity index (χ1n) is 6.50. The third-order valence-electron chi connectivity index (χ3n) is 3.07. The molecule has 0 aliphatic carbocycles. The number of nitrogens with zero attached hydrogens (tertiary/aromatic N) is 4. The molecule has 0 saturated carbocycles. The van der Waals surface area contributed by atoms with Gasteiger partial charge >= 0.3 is 0 Å². The van der Waals surface area contributed by atoms with Gasteiger partial charge in [0.25, 0.3) is 0 Å². The van der Waals surface area contributed by atoms with Gasteiger partial charge in [0.15, 0.2) is 5.82 Å². The molecule has 0 bridgehead atoms. The van der Waals surface area contributed by atoms with Crippen LogP contribution in [0.3, 0.4) is 0 Å². The first-order valence-corrected chi connectivity index (χ1v) is 7.38. The van der Waals surface area contributed by atoms with E-state index in [0.29, 0.717) is 0 Å². The van der Waals surface area contributed by atoms with Gasteiger partial charge in [-0.1, -0.05) is 20.8 Å². The van der Waals surface area contributed by atoms with Crippen LogP contribution in [0, 0.1) is 0 Å². The number of thiazole rings is 1. The molecule has 0 aromatic carbocycles. The Morgan fingerprint density at radius 2 is 2.20 bits per heavy atom. The highest BCUT2D eigenvalue weighted by Crippen LogP contribution is 2.24. The number of fused-ring (bicyclic) bond motifs is 1. The summed E-state index contributed by atoms with van der Waals surface area (Å²) in [6.07, 6.45) is 5.51. The monoisotopic (exact) mass is 287 g/mol. The summed E-state index contributed by atoms with van der Waals surface area (Å²) in [7, 11) is 0. The molecule has 0 fully saturated rings. The van der Waals surface area contributed by atoms with Crippen molar-refractivity contribution in [1.29, 1.82) is 0 Å².